The van der Waals surface area contributed by atoms with Gasteiger partial charge in [0.1, 0.15) is 0 Å². The van der Waals surface area contributed by atoms with Crippen LogP contribution in [0.3, 0.4) is 0 Å². The van der Waals surface area contributed by atoms with E-state index in [4.69, 9.17) is 4.74 Å². The molecule has 0 aliphatic rings. The van der Waals surface area contributed by atoms with Gasteiger partial charge in [-0.15, -0.1) is 5.10 Å². The molecule has 1 aromatic rings. The minimum atomic E-state index is 0.727. The summed E-state index contributed by atoms with van der Waals surface area (Å²) in [7, 11) is 3.56. The van der Waals surface area contributed by atoms with Crippen molar-refractivity contribution in [1.82, 2.24) is 20.3 Å². The molecule has 0 unspecified atom stereocenters. The number of nitrogens with zero attached hydrogens (tertiary/aromatic N) is 3. The number of hydrogen-bond acceptors (Lipinski definition) is 4. The lowest BCUT2D eigenvalue weighted by molar-refractivity contribution is 0.199. The van der Waals surface area contributed by atoms with Crippen molar-refractivity contribution < 1.29 is 4.74 Å². The van der Waals surface area contributed by atoms with Gasteiger partial charge in [-0.05, 0) is 0 Å². The van der Waals surface area contributed by atoms with Gasteiger partial charge in [-0.3, -0.25) is 4.68 Å². The molecular formula is C7H14N4O. The van der Waals surface area contributed by atoms with Gasteiger partial charge in [0.2, 0.25) is 0 Å². The molecule has 0 aliphatic heterocycles. The van der Waals surface area contributed by atoms with Gasteiger partial charge in [0.25, 0.3) is 0 Å². The summed E-state index contributed by atoms with van der Waals surface area (Å²) in [4.78, 5) is 0. The van der Waals surface area contributed by atoms with Gasteiger partial charge in [0.15, 0.2) is 0 Å². The second kappa shape index (κ2) is 4.84. The summed E-state index contributed by atoms with van der Waals surface area (Å²) >= 11 is 0. The molecule has 1 heterocycles. The third kappa shape index (κ3) is 2.60. The van der Waals surface area contributed by atoms with Crippen molar-refractivity contribution >= 4 is 0 Å². The number of rotatable bonds is 5. The molecule has 0 amide bonds. The lowest BCUT2D eigenvalue weighted by Gasteiger charge is -2.02. The molecule has 12 heavy (non-hydrogen) atoms. The van der Waals surface area contributed by atoms with Crippen molar-refractivity contribution in [1.29, 1.82) is 0 Å². The predicted molar refractivity (Wildman–Crippen MR) is 44.6 cm³/mol. The summed E-state index contributed by atoms with van der Waals surface area (Å²) in [6, 6.07) is 0. The van der Waals surface area contributed by atoms with Crippen molar-refractivity contribution in [2.45, 2.75) is 6.54 Å². The van der Waals surface area contributed by atoms with E-state index >= 15 is 0 Å². The van der Waals surface area contributed by atoms with Gasteiger partial charge in [-0.2, -0.15) is 0 Å². The van der Waals surface area contributed by atoms with E-state index in [0.717, 1.165) is 25.4 Å². The highest BCUT2D eigenvalue weighted by atomic mass is 16.5. The van der Waals surface area contributed by atoms with E-state index in [1.807, 2.05) is 7.05 Å². The molecule has 0 bridgehead atoms. The summed E-state index contributed by atoms with van der Waals surface area (Å²) in [5, 5.41) is 10.8. The monoisotopic (exact) mass is 170 g/mol. The van der Waals surface area contributed by atoms with Crippen LogP contribution in [-0.2, 0) is 18.3 Å². The Morgan fingerprint density at radius 1 is 1.67 bits per heavy atom. The number of nitrogens with one attached hydrogen (secondary N) is 1. The molecule has 0 radical (unpaired) electrons. The number of ether oxygens (including phenoxy) is 1. The molecule has 1 N–H and O–H groups in total. The largest absolute Gasteiger partial charge is 0.383 e. The molecule has 5 heteroatoms. The van der Waals surface area contributed by atoms with Gasteiger partial charge in [0.05, 0.1) is 18.5 Å². The highest BCUT2D eigenvalue weighted by Crippen LogP contribution is 1.90. The fourth-order valence-corrected chi connectivity index (χ4v) is 0.862. The van der Waals surface area contributed by atoms with Gasteiger partial charge in [-0.1, -0.05) is 5.21 Å². The summed E-state index contributed by atoms with van der Waals surface area (Å²) < 4.78 is 6.64. The lowest BCUT2D eigenvalue weighted by atomic mass is 10.4. The molecule has 0 aliphatic carbocycles. The van der Waals surface area contributed by atoms with Crippen LogP contribution >= 0.6 is 0 Å². The normalized spacial score (nSPS) is 10.5. The molecule has 0 aromatic carbocycles. The number of methoxy groups -OCH3 is 1. The second-order valence-corrected chi connectivity index (χ2v) is 2.52. The summed E-state index contributed by atoms with van der Waals surface area (Å²) in [5.41, 5.74) is 1.08. The first-order chi connectivity index (χ1) is 5.84. The van der Waals surface area contributed by atoms with Crippen molar-refractivity contribution in [3.8, 4) is 0 Å². The molecule has 0 saturated heterocycles. The van der Waals surface area contributed by atoms with Crippen LogP contribution in [0.5, 0.6) is 0 Å². The van der Waals surface area contributed by atoms with Crippen molar-refractivity contribution in [3.05, 3.63) is 11.9 Å². The lowest BCUT2D eigenvalue weighted by Crippen LogP contribution is -2.20. The van der Waals surface area contributed by atoms with Crippen molar-refractivity contribution in [2.75, 3.05) is 20.3 Å². The quantitative estimate of drug-likeness (QED) is 0.608. The molecule has 0 fully saturated rings. The zero-order chi connectivity index (χ0) is 8.81. The number of hydrogen-bond donors (Lipinski definition) is 1. The number of aromatic nitrogens is 3. The summed E-state index contributed by atoms with van der Waals surface area (Å²) in [5.74, 6) is 0. The minimum Gasteiger partial charge on any atom is -0.383 e. The molecule has 68 valence electrons. The Bertz CT molecular complexity index is 223. The Morgan fingerprint density at radius 3 is 3.08 bits per heavy atom. The van der Waals surface area contributed by atoms with Crippen molar-refractivity contribution in [2.24, 2.45) is 7.05 Å². The minimum absolute atomic E-state index is 0.727. The van der Waals surface area contributed by atoms with E-state index in [-0.39, 0.29) is 0 Å². The van der Waals surface area contributed by atoms with Gasteiger partial charge < -0.3 is 10.1 Å². The third-order valence-corrected chi connectivity index (χ3v) is 1.60. The van der Waals surface area contributed by atoms with E-state index in [9.17, 15) is 0 Å². The first-order valence-electron chi connectivity index (χ1n) is 3.88. The van der Waals surface area contributed by atoms with Crippen LogP contribution in [-0.4, -0.2) is 35.3 Å². The van der Waals surface area contributed by atoms with E-state index in [1.165, 1.54) is 0 Å². The first-order valence-corrected chi connectivity index (χ1v) is 3.88. The molecule has 0 atom stereocenters. The zero-order valence-electron chi connectivity index (χ0n) is 7.45. The average molecular weight is 170 g/mol. The Morgan fingerprint density at radius 2 is 2.50 bits per heavy atom. The Kier molecular flexibility index (Phi) is 3.69. The molecule has 1 aromatic heterocycles. The highest BCUT2D eigenvalue weighted by molar-refractivity contribution is 4.91. The SMILES string of the molecule is COCCNCc1cnnn1C. The van der Waals surface area contributed by atoms with Crippen LogP contribution in [0.1, 0.15) is 5.69 Å². The first kappa shape index (κ1) is 9.15. The fourth-order valence-electron chi connectivity index (χ4n) is 0.862. The Balaban J connectivity index is 2.20. The standard InChI is InChI=1S/C7H14N4O/c1-11-7(6-9-10-11)5-8-3-4-12-2/h6,8H,3-5H2,1-2H3. The van der Waals surface area contributed by atoms with E-state index < -0.39 is 0 Å². The molecule has 0 saturated carbocycles. The molecular weight excluding hydrogens is 156 g/mol. The van der Waals surface area contributed by atoms with Crippen LogP contribution in [0, 0.1) is 0 Å². The van der Waals surface area contributed by atoms with Crippen molar-refractivity contribution in [3.63, 3.8) is 0 Å². The van der Waals surface area contributed by atoms with E-state index in [2.05, 4.69) is 15.6 Å². The molecule has 0 spiro atoms. The van der Waals surface area contributed by atoms with Crippen LogP contribution < -0.4 is 5.32 Å². The predicted octanol–water partition coefficient (Wildman–Crippen LogP) is -0.449. The zero-order valence-corrected chi connectivity index (χ0v) is 7.45. The van der Waals surface area contributed by atoms with Gasteiger partial charge in [0, 0.05) is 27.2 Å². The number of aryl methyl sites for hydroxylation is 1. The van der Waals surface area contributed by atoms with E-state index in [0.29, 0.717) is 0 Å². The van der Waals surface area contributed by atoms with Gasteiger partial charge in [-0.25, -0.2) is 0 Å². The molecule has 1 rings (SSSR count). The smallest absolute Gasteiger partial charge is 0.0738 e. The Labute approximate surface area is 71.7 Å². The van der Waals surface area contributed by atoms with Crippen LogP contribution in [0.4, 0.5) is 0 Å². The van der Waals surface area contributed by atoms with Gasteiger partial charge >= 0.3 is 0 Å². The van der Waals surface area contributed by atoms with Crippen LogP contribution in [0.25, 0.3) is 0 Å². The van der Waals surface area contributed by atoms with Crippen LogP contribution in [0.2, 0.25) is 0 Å². The summed E-state index contributed by atoms with van der Waals surface area (Å²) in [6.45, 7) is 2.36. The maximum atomic E-state index is 4.89. The Hall–Kier alpha value is -0.940. The maximum absolute atomic E-state index is 4.89. The fraction of sp³-hybridized carbons (Fsp3) is 0.714. The maximum Gasteiger partial charge on any atom is 0.0738 e. The average Bonchev–Trinajstić information content (AvgIpc) is 2.46. The molecule has 5 nitrogen and oxygen atoms in total. The summed E-state index contributed by atoms with van der Waals surface area (Å²) in [6.07, 6.45) is 1.75. The topological polar surface area (TPSA) is 52.0 Å². The van der Waals surface area contributed by atoms with E-state index in [1.54, 1.807) is 18.0 Å². The highest BCUT2D eigenvalue weighted by Gasteiger charge is 1.97. The second-order valence-electron chi connectivity index (χ2n) is 2.52. The van der Waals surface area contributed by atoms with Crippen LogP contribution in [0.15, 0.2) is 6.20 Å². The third-order valence-electron chi connectivity index (χ3n) is 1.60.